The first kappa shape index (κ1) is 10.3. The Morgan fingerprint density at radius 3 is 3.20 bits per heavy atom. The van der Waals surface area contributed by atoms with Gasteiger partial charge >= 0.3 is 5.97 Å². The van der Waals surface area contributed by atoms with E-state index in [0.717, 1.165) is 5.75 Å². The van der Waals surface area contributed by atoms with Crippen molar-refractivity contribution < 1.29 is 14.3 Å². The Hall–Kier alpha value is -1.23. The lowest BCUT2D eigenvalue weighted by molar-refractivity contribution is -0.146. The van der Waals surface area contributed by atoms with Crippen LogP contribution >= 0.6 is 11.8 Å². The van der Waals surface area contributed by atoms with Crippen molar-refractivity contribution in [2.24, 2.45) is 0 Å². The number of carbonyl (C=O) groups is 2. The van der Waals surface area contributed by atoms with Crippen molar-refractivity contribution in [3.05, 3.63) is 24.1 Å². The summed E-state index contributed by atoms with van der Waals surface area (Å²) >= 11 is 1.66. The highest BCUT2D eigenvalue weighted by Gasteiger charge is 2.43. The average molecular weight is 225 g/mol. The van der Waals surface area contributed by atoms with Crippen LogP contribution in [0.2, 0.25) is 0 Å². The highest BCUT2D eigenvalue weighted by atomic mass is 32.2. The van der Waals surface area contributed by atoms with Crippen LogP contribution in [0, 0.1) is 0 Å². The second-order valence-electron chi connectivity index (χ2n) is 3.22. The van der Waals surface area contributed by atoms with Gasteiger partial charge < -0.3 is 4.74 Å². The predicted octanol–water partition coefficient (Wildman–Crippen LogP) is 1.25. The Labute approximate surface area is 92.0 Å². The first-order valence-electron chi connectivity index (χ1n) is 4.70. The van der Waals surface area contributed by atoms with Gasteiger partial charge in [0.05, 0.1) is 18.1 Å². The van der Waals surface area contributed by atoms with Gasteiger partial charge in [0, 0.05) is 5.75 Å². The van der Waals surface area contributed by atoms with Gasteiger partial charge in [-0.15, -0.1) is 11.8 Å². The second kappa shape index (κ2) is 4.10. The summed E-state index contributed by atoms with van der Waals surface area (Å²) in [4.78, 5) is 24.4. The Balaban J connectivity index is 2.10. The third-order valence-electron chi connectivity index (χ3n) is 2.25. The molecule has 0 saturated carbocycles. The molecule has 0 aliphatic carbocycles. The summed E-state index contributed by atoms with van der Waals surface area (Å²) in [5, 5.41) is 0.135. The number of β-lactam (4-membered cyclic amide) rings is 1. The Kier molecular flexibility index (Phi) is 2.81. The minimum absolute atomic E-state index is 0.00382. The van der Waals surface area contributed by atoms with Crippen molar-refractivity contribution in [3.63, 3.8) is 0 Å². The number of hydrogen-bond donors (Lipinski definition) is 0. The van der Waals surface area contributed by atoms with Gasteiger partial charge in [0.25, 0.3) is 0 Å². The minimum atomic E-state index is -0.452. The molecule has 1 amide bonds. The quantitative estimate of drug-likeness (QED) is 0.403. The monoisotopic (exact) mass is 225 g/mol. The minimum Gasteiger partial charge on any atom is -0.430 e. The van der Waals surface area contributed by atoms with Gasteiger partial charge in [0.1, 0.15) is 5.70 Å². The summed E-state index contributed by atoms with van der Waals surface area (Å²) in [7, 11) is 0. The molecular weight excluding hydrogens is 214 g/mol. The third kappa shape index (κ3) is 1.79. The number of esters is 1. The molecule has 2 rings (SSSR count). The molecule has 0 aromatic carbocycles. The molecule has 80 valence electrons. The molecule has 0 radical (unpaired) electrons. The summed E-state index contributed by atoms with van der Waals surface area (Å²) < 4.78 is 4.84. The van der Waals surface area contributed by atoms with E-state index >= 15 is 0 Å². The van der Waals surface area contributed by atoms with Crippen molar-refractivity contribution >= 4 is 23.6 Å². The highest BCUT2D eigenvalue weighted by molar-refractivity contribution is 8.00. The van der Waals surface area contributed by atoms with Gasteiger partial charge in [0.15, 0.2) is 0 Å². The van der Waals surface area contributed by atoms with E-state index in [0.29, 0.717) is 12.1 Å². The van der Waals surface area contributed by atoms with Crippen molar-refractivity contribution in [2.75, 3.05) is 5.75 Å². The molecule has 1 atom stereocenters. The highest BCUT2D eigenvalue weighted by Crippen LogP contribution is 2.37. The number of thioether (sulfide) groups is 1. The van der Waals surface area contributed by atoms with E-state index in [1.54, 1.807) is 30.8 Å². The zero-order chi connectivity index (χ0) is 10.8. The molecule has 2 aliphatic heterocycles. The van der Waals surface area contributed by atoms with E-state index in [2.05, 4.69) is 0 Å². The number of fused-ring (bicyclic) bond motifs is 1. The van der Waals surface area contributed by atoms with Crippen LogP contribution in [-0.2, 0) is 14.3 Å². The van der Waals surface area contributed by atoms with E-state index < -0.39 is 5.97 Å². The SMILES string of the molecule is C/C=C/OC(=O)C1=CCS[C@@H]2CC(=O)N12. The van der Waals surface area contributed by atoms with Crippen LogP contribution in [-0.4, -0.2) is 27.9 Å². The van der Waals surface area contributed by atoms with Crippen molar-refractivity contribution in [3.8, 4) is 0 Å². The molecule has 1 fully saturated rings. The van der Waals surface area contributed by atoms with E-state index in [-0.39, 0.29) is 11.3 Å². The Morgan fingerprint density at radius 2 is 2.53 bits per heavy atom. The van der Waals surface area contributed by atoms with Gasteiger partial charge in [-0.25, -0.2) is 4.79 Å². The van der Waals surface area contributed by atoms with Crippen molar-refractivity contribution in [1.29, 1.82) is 0 Å². The van der Waals surface area contributed by atoms with E-state index in [1.807, 2.05) is 0 Å². The molecule has 0 aromatic heterocycles. The number of hydrogen-bond acceptors (Lipinski definition) is 4. The van der Waals surface area contributed by atoms with Crippen LogP contribution in [0.3, 0.4) is 0 Å². The molecule has 2 aliphatic rings. The number of carbonyl (C=O) groups excluding carboxylic acids is 2. The van der Waals surface area contributed by atoms with Crippen LogP contribution in [0.25, 0.3) is 0 Å². The predicted molar refractivity (Wildman–Crippen MR) is 56.7 cm³/mol. The summed E-state index contributed by atoms with van der Waals surface area (Å²) in [5.74, 6) is 0.302. The van der Waals surface area contributed by atoms with Gasteiger partial charge in [-0.3, -0.25) is 9.69 Å². The molecule has 0 bridgehead atoms. The molecule has 4 nitrogen and oxygen atoms in total. The maximum absolute atomic E-state index is 11.5. The molecule has 0 N–H and O–H groups in total. The molecule has 15 heavy (non-hydrogen) atoms. The van der Waals surface area contributed by atoms with Crippen LogP contribution in [0.15, 0.2) is 24.1 Å². The number of nitrogens with zero attached hydrogens (tertiary/aromatic N) is 1. The van der Waals surface area contributed by atoms with E-state index in [1.165, 1.54) is 11.2 Å². The summed E-state index contributed by atoms with van der Waals surface area (Å²) in [5.41, 5.74) is 0.383. The number of allylic oxidation sites excluding steroid dienone is 1. The summed E-state index contributed by atoms with van der Waals surface area (Å²) in [6.45, 7) is 1.76. The van der Waals surface area contributed by atoms with Crippen molar-refractivity contribution in [1.82, 2.24) is 4.90 Å². The lowest BCUT2D eigenvalue weighted by atomic mass is 10.1. The second-order valence-corrected chi connectivity index (χ2v) is 4.43. The van der Waals surface area contributed by atoms with E-state index in [4.69, 9.17) is 4.74 Å². The van der Waals surface area contributed by atoms with Crippen LogP contribution in [0.1, 0.15) is 13.3 Å². The van der Waals surface area contributed by atoms with Gasteiger partial charge in [-0.1, -0.05) is 6.08 Å². The fourth-order valence-electron chi connectivity index (χ4n) is 1.52. The van der Waals surface area contributed by atoms with Crippen LogP contribution < -0.4 is 0 Å². The molecule has 0 unspecified atom stereocenters. The third-order valence-corrected chi connectivity index (χ3v) is 3.37. The summed E-state index contributed by atoms with van der Waals surface area (Å²) in [6.07, 6.45) is 5.22. The molecule has 5 heteroatoms. The molecule has 0 spiro atoms. The van der Waals surface area contributed by atoms with Crippen LogP contribution in [0.5, 0.6) is 0 Å². The molecular formula is C10H11NO3S. The number of ether oxygens (including phenoxy) is 1. The van der Waals surface area contributed by atoms with Gasteiger partial charge in [-0.05, 0) is 13.0 Å². The van der Waals surface area contributed by atoms with Crippen molar-refractivity contribution in [2.45, 2.75) is 18.7 Å². The number of amides is 1. The smallest absolute Gasteiger partial charge is 0.359 e. The molecule has 0 aromatic rings. The molecule has 2 heterocycles. The maximum Gasteiger partial charge on any atom is 0.359 e. The first-order chi connectivity index (χ1) is 7.24. The normalized spacial score (nSPS) is 24.6. The van der Waals surface area contributed by atoms with Crippen LogP contribution in [0.4, 0.5) is 0 Å². The largest absolute Gasteiger partial charge is 0.430 e. The Bertz CT molecular complexity index is 362. The van der Waals surface area contributed by atoms with E-state index in [9.17, 15) is 9.59 Å². The first-order valence-corrected chi connectivity index (χ1v) is 5.75. The fraction of sp³-hybridized carbons (Fsp3) is 0.400. The van der Waals surface area contributed by atoms with Gasteiger partial charge in [0.2, 0.25) is 5.91 Å². The zero-order valence-electron chi connectivity index (χ0n) is 8.30. The number of rotatable bonds is 2. The topological polar surface area (TPSA) is 46.6 Å². The molecule has 1 saturated heterocycles. The van der Waals surface area contributed by atoms with Gasteiger partial charge in [-0.2, -0.15) is 0 Å². The average Bonchev–Trinajstić information content (AvgIpc) is 2.23. The Morgan fingerprint density at radius 1 is 1.73 bits per heavy atom. The lowest BCUT2D eigenvalue weighted by Crippen LogP contribution is -2.53. The standard InChI is InChI=1S/C10H11NO3S/c1-2-4-14-10(13)7-3-5-15-9-6-8(12)11(7)9/h2-4,9H,5-6H2,1H3/b4-2+/t9-/m1/s1. The lowest BCUT2D eigenvalue weighted by Gasteiger charge is -2.42. The fourth-order valence-corrected chi connectivity index (χ4v) is 2.64. The summed E-state index contributed by atoms with van der Waals surface area (Å²) in [6, 6.07) is 0. The maximum atomic E-state index is 11.5. The zero-order valence-corrected chi connectivity index (χ0v) is 9.12.